The molecule has 7 nitrogen and oxygen atoms in total. The third-order valence-corrected chi connectivity index (χ3v) is 5.03. The van der Waals surface area contributed by atoms with Gasteiger partial charge in [0.1, 0.15) is 0 Å². The number of halogens is 2. The fourth-order valence-corrected chi connectivity index (χ4v) is 3.54. The number of aromatic nitrogens is 3. The monoisotopic (exact) mass is 442 g/mol. The summed E-state index contributed by atoms with van der Waals surface area (Å²) in [5, 5.41) is 4.26. The third-order valence-electron chi connectivity index (χ3n) is 4.49. The van der Waals surface area contributed by atoms with Crippen LogP contribution in [0.15, 0.2) is 53.5 Å². The van der Waals surface area contributed by atoms with Crippen LogP contribution in [-0.2, 0) is 0 Å². The summed E-state index contributed by atoms with van der Waals surface area (Å²) in [6.45, 7) is 0. The maximum absolute atomic E-state index is 12.9. The molecule has 0 atom stereocenters. The second-order valence-electron chi connectivity index (χ2n) is 6.29. The molecule has 0 saturated carbocycles. The maximum Gasteiger partial charge on any atom is 0.262 e. The van der Waals surface area contributed by atoms with E-state index in [4.69, 9.17) is 32.7 Å². The predicted molar refractivity (Wildman–Crippen MR) is 118 cm³/mol. The Labute approximate surface area is 181 Å². The zero-order valence-electron chi connectivity index (χ0n) is 16.0. The Kier molecular flexibility index (Phi) is 5.48. The lowest BCUT2D eigenvalue weighted by molar-refractivity contribution is 0.355. The number of H-pyrrole nitrogens is 1. The molecule has 0 spiro atoms. The van der Waals surface area contributed by atoms with Crippen LogP contribution in [0, 0.1) is 0 Å². The van der Waals surface area contributed by atoms with Gasteiger partial charge in [-0.05, 0) is 47.5 Å². The number of nitrogens with zero attached hydrogens (tertiary/aromatic N) is 2. The van der Waals surface area contributed by atoms with Crippen molar-refractivity contribution in [3.8, 4) is 22.6 Å². The van der Waals surface area contributed by atoms with Crippen molar-refractivity contribution >= 4 is 45.9 Å². The van der Waals surface area contributed by atoms with Crippen LogP contribution in [0.5, 0.6) is 11.5 Å². The number of fused-ring (bicyclic) bond motifs is 1. The van der Waals surface area contributed by atoms with Crippen LogP contribution >= 0.6 is 23.2 Å². The van der Waals surface area contributed by atoms with E-state index in [9.17, 15) is 4.79 Å². The lowest BCUT2D eigenvalue weighted by Gasteiger charge is -2.12. The molecule has 0 fully saturated rings. The van der Waals surface area contributed by atoms with Gasteiger partial charge in [0.25, 0.3) is 5.56 Å². The zero-order chi connectivity index (χ0) is 21.3. The summed E-state index contributed by atoms with van der Waals surface area (Å²) in [5.41, 5.74) is 1.95. The molecular weight excluding hydrogens is 427 g/mol. The third kappa shape index (κ3) is 3.77. The van der Waals surface area contributed by atoms with Gasteiger partial charge in [-0.25, -0.2) is 4.98 Å². The molecule has 0 saturated heterocycles. The smallest absolute Gasteiger partial charge is 0.262 e. The van der Waals surface area contributed by atoms with Gasteiger partial charge in [0.05, 0.1) is 30.3 Å². The van der Waals surface area contributed by atoms with E-state index in [2.05, 4.69) is 20.3 Å². The van der Waals surface area contributed by atoms with Gasteiger partial charge in [0.15, 0.2) is 17.1 Å². The predicted octanol–water partition coefficient (Wildman–Crippen LogP) is 5.05. The van der Waals surface area contributed by atoms with Crippen molar-refractivity contribution in [3.63, 3.8) is 0 Å². The van der Waals surface area contributed by atoms with Gasteiger partial charge < -0.3 is 14.8 Å². The Morgan fingerprint density at radius 2 is 1.80 bits per heavy atom. The van der Waals surface area contributed by atoms with E-state index in [1.54, 1.807) is 56.8 Å². The van der Waals surface area contributed by atoms with Crippen molar-refractivity contribution in [1.82, 2.24) is 15.0 Å². The average Bonchev–Trinajstić information content (AvgIpc) is 2.74. The topological polar surface area (TPSA) is 89.1 Å². The Bertz CT molecular complexity index is 1310. The van der Waals surface area contributed by atoms with E-state index in [1.165, 1.54) is 0 Å². The lowest BCUT2D eigenvalue weighted by Crippen LogP contribution is -2.13. The second kappa shape index (κ2) is 8.22. The molecule has 0 bridgehead atoms. The second-order valence-corrected chi connectivity index (χ2v) is 7.13. The number of hydrogen-bond acceptors (Lipinski definition) is 6. The van der Waals surface area contributed by atoms with Crippen LogP contribution in [0.1, 0.15) is 0 Å². The molecule has 0 amide bonds. The molecule has 2 heterocycles. The van der Waals surface area contributed by atoms with Crippen molar-refractivity contribution in [2.75, 3.05) is 19.5 Å². The number of benzene rings is 2. The van der Waals surface area contributed by atoms with Gasteiger partial charge in [-0.15, -0.1) is 0 Å². The minimum absolute atomic E-state index is 0.216. The number of pyridine rings is 1. The summed E-state index contributed by atoms with van der Waals surface area (Å²) in [5.74, 6) is 1.37. The highest BCUT2D eigenvalue weighted by molar-refractivity contribution is 6.36. The highest BCUT2D eigenvalue weighted by Crippen LogP contribution is 2.34. The number of methoxy groups -OCH3 is 2. The van der Waals surface area contributed by atoms with Crippen molar-refractivity contribution in [3.05, 3.63) is 69.1 Å². The van der Waals surface area contributed by atoms with Crippen LogP contribution in [0.4, 0.5) is 11.6 Å². The van der Waals surface area contributed by atoms with Crippen LogP contribution in [0.3, 0.4) is 0 Å². The van der Waals surface area contributed by atoms with E-state index in [-0.39, 0.29) is 11.5 Å². The zero-order valence-corrected chi connectivity index (χ0v) is 17.5. The van der Waals surface area contributed by atoms with Crippen molar-refractivity contribution in [2.24, 2.45) is 0 Å². The molecule has 0 aliphatic heterocycles. The number of nitrogens with one attached hydrogen (secondary N) is 2. The first-order valence-corrected chi connectivity index (χ1v) is 9.59. The molecule has 9 heteroatoms. The lowest BCUT2D eigenvalue weighted by atomic mass is 10.0. The van der Waals surface area contributed by atoms with E-state index < -0.39 is 0 Å². The van der Waals surface area contributed by atoms with Crippen molar-refractivity contribution in [1.29, 1.82) is 0 Å². The summed E-state index contributed by atoms with van der Waals surface area (Å²) in [4.78, 5) is 24.3. The molecule has 0 aliphatic carbocycles. The first kappa shape index (κ1) is 20.0. The molecule has 30 heavy (non-hydrogen) atoms. The molecule has 2 aromatic carbocycles. The number of anilines is 2. The van der Waals surface area contributed by atoms with Gasteiger partial charge in [0, 0.05) is 11.2 Å². The molecule has 0 radical (unpaired) electrons. The number of rotatable bonds is 5. The van der Waals surface area contributed by atoms with Gasteiger partial charge in [-0.1, -0.05) is 29.3 Å². The quantitative estimate of drug-likeness (QED) is 0.449. The Morgan fingerprint density at radius 3 is 2.53 bits per heavy atom. The number of aromatic amines is 1. The Morgan fingerprint density at radius 1 is 1.00 bits per heavy atom. The molecule has 2 aromatic heterocycles. The van der Waals surface area contributed by atoms with Crippen LogP contribution in [0.2, 0.25) is 10.0 Å². The van der Waals surface area contributed by atoms with Gasteiger partial charge in [-0.2, -0.15) is 4.98 Å². The maximum atomic E-state index is 12.9. The van der Waals surface area contributed by atoms with E-state index in [0.29, 0.717) is 43.8 Å². The molecule has 4 aromatic rings. The van der Waals surface area contributed by atoms with Crippen LogP contribution in [-0.4, -0.2) is 29.2 Å². The summed E-state index contributed by atoms with van der Waals surface area (Å²) in [6, 6.07) is 12.1. The first-order valence-electron chi connectivity index (χ1n) is 8.83. The molecule has 0 aliphatic rings. The highest BCUT2D eigenvalue weighted by Gasteiger charge is 2.14. The normalized spacial score (nSPS) is 10.8. The van der Waals surface area contributed by atoms with Crippen molar-refractivity contribution in [2.45, 2.75) is 0 Å². The fourth-order valence-electron chi connectivity index (χ4n) is 3.09. The Balaban J connectivity index is 1.80. The summed E-state index contributed by atoms with van der Waals surface area (Å²) >= 11 is 12.1. The molecule has 0 unspecified atom stereocenters. The van der Waals surface area contributed by atoms with Gasteiger partial charge in [0.2, 0.25) is 5.95 Å². The van der Waals surface area contributed by atoms with E-state index >= 15 is 0 Å². The first-order chi connectivity index (χ1) is 14.5. The van der Waals surface area contributed by atoms with Crippen molar-refractivity contribution < 1.29 is 9.47 Å². The molecule has 4 rings (SSSR count). The Hall–Kier alpha value is -3.29. The number of hydrogen-bond donors (Lipinski definition) is 2. The average molecular weight is 443 g/mol. The minimum atomic E-state index is -0.342. The van der Waals surface area contributed by atoms with Crippen LogP contribution < -0.4 is 20.3 Å². The standard InChI is InChI=1S/C21H16Cl2N4O3/c1-29-16-6-3-11(9-17(16)30-2)13-7-8-24-19-18(13)20(28)27-21(26-19)25-15-5-4-12(22)10-14(15)23/h3-10H,1-2H3,(H2,24,25,26,27,28). The van der Waals surface area contributed by atoms with Gasteiger partial charge >= 0.3 is 0 Å². The molecular formula is C21H16Cl2N4O3. The highest BCUT2D eigenvalue weighted by atomic mass is 35.5. The number of ether oxygens (including phenoxy) is 2. The molecule has 2 N–H and O–H groups in total. The van der Waals surface area contributed by atoms with Crippen LogP contribution in [0.25, 0.3) is 22.2 Å². The summed E-state index contributed by atoms with van der Waals surface area (Å²) in [6.07, 6.45) is 1.60. The van der Waals surface area contributed by atoms with E-state index in [0.717, 1.165) is 5.56 Å². The fraction of sp³-hybridized carbons (Fsp3) is 0.0952. The van der Waals surface area contributed by atoms with Gasteiger partial charge in [-0.3, -0.25) is 9.78 Å². The largest absolute Gasteiger partial charge is 0.493 e. The summed E-state index contributed by atoms with van der Waals surface area (Å²) in [7, 11) is 3.12. The minimum Gasteiger partial charge on any atom is -0.493 e. The molecule has 152 valence electrons. The van der Waals surface area contributed by atoms with E-state index in [1.807, 2.05) is 6.07 Å². The summed E-state index contributed by atoms with van der Waals surface area (Å²) < 4.78 is 10.7. The SMILES string of the molecule is COc1ccc(-c2ccnc3nc(Nc4ccc(Cl)cc4Cl)[nH]c(=O)c23)cc1OC.